The molecule has 2 amide bonds. The van der Waals surface area contributed by atoms with Gasteiger partial charge in [-0.15, -0.1) is 5.10 Å². The minimum atomic E-state index is -2.91. The van der Waals surface area contributed by atoms with Crippen LogP contribution < -0.4 is 15.5 Å². The smallest absolute Gasteiger partial charge is 0.322 e. The second-order valence-corrected chi connectivity index (χ2v) is 14.6. The van der Waals surface area contributed by atoms with Crippen molar-refractivity contribution in [3.63, 3.8) is 0 Å². The molecule has 0 radical (unpaired) electrons. The third-order valence-corrected chi connectivity index (χ3v) is 11.0. The van der Waals surface area contributed by atoms with E-state index in [9.17, 15) is 22.8 Å². The predicted molar refractivity (Wildman–Crippen MR) is 216 cm³/mol. The topological polar surface area (TPSA) is 121 Å². The van der Waals surface area contributed by atoms with E-state index in [1.165, 1.54) is 28.2 Å². The van der Waals surface area contributed by atoms with Gasteiger partial charge in [0.2, 0.25) is 0 Å². The predicted octanol–water partition coefficient (Wildman–Crippen LogP) is 8.29. The van der Waals surface area contributed by atoms with Crippen LogP contribution in [0, 0.1) is 12.7 Å². The lowest BCUT2D eigenvalue weighted by Crippen LogP contribution is -2.39. The number of rotatable bonds is 13. The van der Waals surface area contributed by atoms with E-state index >= 15 is 0 Å². The SMILES string of the molecule is CNC(=O)N(CCC=O)c1nn(C)c2cc(C3CCN(CCc4cccc(-c5cc6c(NC(C)c7cccc(C(F)F)c7F)nnc(C)c6cn5)c4)CC3)ccc12. The number of benzene rings is 3. The molecule has 0 aliphatic carbocycles. The summed E-state index contributed by atoms with van der Waals surface area (Å²) >= 11 is 0. The number of alkyl halides is 2. The van der Waals surface area contributed by atoms with E-state index < -0.39 is 23.8 Å². The summed E-state index contributed by atoms with van der Waals surface area (Å²) in [5, 5.41) is 21.6. The average Bonchev–Trinajstić information content (AvgIpc) is 3.55. The van der Waals surface area contributed by atoms with Gasteiger partial charge in [-0.05, 0) is 87.5 Å². The maximum Gasteiger partial charge on any atom is 0.322 e. The zero-order chi connectivity index (χ0) is 40.2. The van der Waals surface area contributed by atoms with Crippen molar-refractivity contribution in [1.29, 1.82) is 0 Å². The Bertz CT molecular complexity index is 2410. The summed E-state index contributed by atoms with van der Waals surface area (Å²) < 4.78 is 43.6. The number of aromatic nitrogens is 5. The summed E-state index contributed by atoms with van der Waals surface area (Å²) in [7, 11) is 3.45. The first kappa shape index (κ1) is 39.3. The monoisotopic (exact) mass is 777 g/mol. The summed E-state index contributed by atoms with van der Waals surface area (Å²) in [6.07, 6.45) is 2.81. The van der Waals surface area contributed by atoms with E-state index in [1.807, 2.05) is 38.2 Å². The van der Waals surface area contributed by atoms with Crippen molar-refractivity contribution < 1.29 is 22.8 Å². The first-order valence-electron chi connectivity index (χ1n) is 19.2. The van der Waals surface area contributed by atoms with Crippen molar-refractivity contribution in [2.24, 2.45) is 7.05 Å². The van der Waals surface area contributed by atoms with Crippen LogP contribution in [-0.2, 0) is 18.3 Å². The van der Waals surface area contributed by atoms with Gasteiger partial charge in [0, 0.05) is 67.1 Å². The number of hydrogen-bond acceptors (Lipinski definition) is 8. The second kappa shape index (κ2) is 17.1. The number of piperidine rings is 1. The molecule has 6 aromatic rings. The molecule has 0 bridgehead atoms. The van der Waals surface area contributed by atoms with Crippen LogP contribution in [0.1, 0.15) is 72.5 Å². The van der Waals surface area contributed by atoms with Gasteiger partial charge in [0.15, 0.2) is 11.6 Å². The van der Waals surface area contributed by atoms with Crippen molar-refractivity contribution in [2.75, 3.05) is 43.4 Å². The fraction of sp³-hybridized carbons (Fsp3) is 0.349. The van der Waals surface area contributed by atoms with Gasteiger partial charge in [-0.3, -0.25) is 14.6 Å². The van der Waals surface area contributed by atoms with Crippen LogP contribution in [0.5, 0.6) is 0 Å². The fourth-order valence-corrected chi connectivity index (χ4v) is 7.78. The lowest BCUT2D eigenvalue weighted by Gasteiger charge is -2.32. The molecule has 3 aromatic carbocycles. The van der Waals surface area contributed by atoms with E-state index in [2.05, 4.69) is 55.1 Å². The van der Waals surface area contributed by atoms with Gasteiger partial charge in [0.25, 0.3) is 6.43 Å². The first-order valence-corrected chi connectivity index (χ1v) is 19.2. The molecule has 1 aliphatic rings. The van der Waals surface area contributed by atoms with E-state index in [0.29, 0.717) is 23.2 Å². The van der Waals surface area contributed by atoms with Crippen molar-refractivity contribution >= 4 is 45.6 Å². The van der Waals surface area contributed by atoms with Gasteiger partial charge in [-0.2, -0.15) is 10.2 Å². The fourth-order valence-electron chi connectivity index (χ4n) is 7.78. The summed E-state index contributed by atoms with van der Waals surface area (Å²) in [6.45, 7) is 6.68. The number of likely N-dealkylation sites (tertiary alicyclic amines) is 1. The summed E-state index contributed by atoms with van der Waals surface area (Å²) in [5.74, 6) is 0.437. The minimum absolute atomic E-state index is 0.121. The van der Waals surface area contributed by atoms with Crippen molar-refractivity contribution in [2.45, 2.75) is 57.9 Å². The standard InChI is InChI=1S/C43H46F3N9O2/c1-26(32-10-6-11-34(39(32)44)40(45)46)49-41-35-24-37(48-25-36(35)27(2)50-51-41)31-9-5-8-28(22-31)14-18-54-19-15-29(16-20-54)30-12-13-33-38(23-30)53(4)52-42(33)55(17-7-21-56)43(57)47-3/h5-6,8-13,21-26,29,40H,7,14-20H2,1-4H3,(H,47,57)(H,49,51). The number of urea groups is 1. The molecule has 1 atom stereocenters. The van der Waals surface area contributed by atoms with Crippen LogP contribution in [0.15, 0.2) is 72.9 Å². The molecular weight excluding hydrogens is 732 g/mol. The second-order valence-electron chi connectivity index (χ2n) is 14.6. The van der Waals surface area contributed by atoms with E-state index in [-0.39, 0.29) is 24.6 Å². The molecular formula is C43H46F3N9O2. The highest BCUT2D eigenvalue weighted by Gasteiger charge is 2.25. The molecule has 14 heteroatoms. The highest BCUT2D eigenvalue weighted by atomic mass is 19.3. The Balaban J connectivity index is 1.01. The van der Waals surface area contributed by atoms with Crippen LogP contribution in [0.25, 0.3) is 32.9 Å². The van der Waals surface area contributed by atoms with Crippen molar-refractivity contribution in [3.05, 3.63) is 107 Å². The van der Waals surface area contributed by atoms with Crippen LogP contribution in [-0.4, -0.2) is 75.4 Å². The van der Waals surface area contributed by atoms with Crippen LogP contribution in [0.2, 0.25) is 0 Å². The quantitative estimate of drug-likeness (QED) is 0.113. The molecule has 3 aromatic heterocycles. The van der Waals surface area contributed by atoms with Gasteiger partial charge in [0.05, 0.1) is 28.5 Å². The Morgan fingerprint density at radius 2 is 1.77 bits per heavy atom. The lowest BCUT2D eigenvalue weighted by atomic mass is 9.89. The Morgan fingerprint density at radius 3 is 2.53 bits per heavy atom. The Morgan fingerprint density at radius 1 is 1.00 bits per heavy atom. The number of halogens is 3. The van der Waals surface area contributed by atoms with E-state index in [0.717, 1.165) is 84.2 Å². The van der Waals surface area contributed by atoms with Gasteiger partial charge in [-0.1, -0.05) is 42.5 Å². The van der Waals surface area contributed by atoms with Crippen molar-refractivity contribution in [3.8, 4) is 11.3 Å². The van der Waals surface area contributed by atoms with E-state index in [4.69, 9.17) is 4.98 Å². The Hall–Kier alpha value is -5.89. The number of aryl methyl sites for hydroxylation is 2. The number of anilines is 2. The third kappa shape index (κ3) is 8.31. The largest absolute Gasteiger partial charge is 0.361 e. The number of nitrogens with one attached hydrogen (secondary N) is 2. The molecule has 1 unspecified atom stereocenters. The number of nitrogens with zero attached hydrogens (tertiary/aromatic N) is 7. The first-order chi connectivity index (χ1) is 27.6. The molecule has 7 rings (SSSR count). The van der Waals surface area contributed by atoms with Crippen LogP contribution in [0.3, 0.4) is 0 Å². The number of hydrogen-bond donors (Lipinski definition) is 2. The normalized spacial score (nSPS) is 14.3. The molecule has 1 aliphatic heterocycles. The molecule has 0 saturated carbocycles. The molecule has 2 N–H and O–H groups in total. The number of aldehydes is 1. The highest BCUT2D eigenvalue weighted by Crippen LogP contribution is 2.35. The van der Waals surface area contributed by atoms with Crippen LogP contribution >= 0.6 is 0 Å². The van der Waals surface area contributed by atoms with Crippen LogP contribution in [0.4, 0.5) is 29.6 Å². The molecule has 11 nitrogen and oxygen atoms in total. The summed E-state index contributed by atoms with van der Waals surface area (Å²) in [4.78, 5) is 32.5. The molecule has 57 heavy (non-hydrogen) atoms. The molecule has 4 heterocycles. The molecule has 0 spiro atoms. The average molecular weight is 778 g/mol. The van der Waals surface area contributed by atoms with Gasteiger partial charge < -0.3 is 20.3 Å². The maximum atomic E-state index is 15.0. The number of pyridine rings is 1. The zero-order valence-electron chi connectivity index (χ0n) is 32.5. The summed E-state index contributed by atoms with van der Waals surface area (Å²) in [6, 6.07) is 19.7. The molecule has 1 saturated heterocycles. The molecule has 296 valence electrons. The van der Waals surface area contributed by atoms with E-state index in [1.54, 1.807) is 24.9 Å². The molecule has 1 fully saturated rings. The number of carbonyl (C=O) groups is 2. The summed E-state index contributed by atoms with van der Waals surface area (Å²) in [5.41, 5.74) is 5.28. The van der Waals surface area contributed by atoms with Crippen molar-refractivity contribution in [1.82, 2.24) is 35.2 Å². The van der Waals surface area contributed by atoms with Gasteiger partial charge >= 0.3 is 6.03 Å². The third-order valence-electron chi connectivity index (χ3n) is 11.0. The van der Waals surface area contributed by atoms with Gasteiger partial charge in [0.1, 0.15) is 12.1 Å². The lowest BCUT2D eigenvalue weighted by molar-refractivity contribution is -0.107. The number of fused-ring (bicyclic) bond motifs is 2. The number of amides is 2. The minimum Gasteiger partial charge on any atom is -0.361 e. The highest BCUT2D eigenvalue weighted by molar-refractivity contribution is 6.01. The Kier molecular flexibility index (Phi) is 11.8. The van der Waals surface area contributed by atoms with Gasteiger partial charge in [-0.25, -0.2) is 18.0 Å². The number of carbonyl (C=O) groups excluding carboxylic acids is 2. The Labute approximate surface area is 329 Å². The maximum absolute atomic E-state index is 15.0. The zero-order valence-corrected chi connectivity index (χ0v) is 32.5.